The molecule has 3 aromatic heterocycles. The third-order valence-corrected chi connectivity index (χ3v) is 5.89. The van der Waals surface area contributed by atoms with E-state index in [0.29, 0.717) is 11.6 Å². The summed E-state index contributed by atoms with van der Waals surface area (Å²) in [6, 6.07) is 11.8. The molecule has 1 saturated heterocycles. The smallest absolute Gasteiger partial charge is 0.218 e. The molecular weight excluding hydrogens is 358 g/mol. The van der Waals surface area contributed by atoms with Crippen molar-refractivity contribution in [1.82, 2.24) is 24.5 Å². The molecule has 0 saturated carbocycles. The molecule has 4 heterocycles. The van der Waals surface area contributed by atoms with Gasteiger partial charge < -0.3 is 9.32 Å². The largest absolute Gasteiger partial charge is 0.461 e. The van der Waals surface area contributed by atoms with Gasteiger partial charge in [0.05, 0.1) is 11.8 Å². The van der Waals surface area contributed by atoms with E-state index in [-0.39, 0.29) is 0 Å². The number of likely N-dealkylation sites (tertiary alicyclic amines) is 1. The lowest BCUT2D eigenvalue weighted by molar-refractivity contribution is 0.242. The van der Waals surface area contributed by atoms with Crippen LogP contribution >= 0.6 is 11.8 Å². The Hall–Kier alpha value is -2.38. The first kappa shape index (κ1) is 16.8. The van der Waals surface area contributed by atoms with Crippen molar-refractivity contribution < 1.29 is 4.42 Å². The third kappa shape index (κ3) is 3.33. The molecule has 138 valence electrons. The van der Waals surface area contributed by atoms with Gasteiger partial charge in [-0.05, 0) is 50.2 Å². The van der Waals surface area contributed by atoms with Gasteiger partial charge in [-0.1, -0.05) is 30.3 Å². The second-order valence-electron chi connectivity index (χ2n) is 6.81. The Morgan fingerprint density at radius 2 is 1.89 bits per heavy atom. The van der Waals surface area contributed by atoms with Crippen LogP contribution in [0.3, 0.4) is 0 Å². The molecule has 0 bridgehead atoms. The van der Waals surface area contributed by atoms with Crippen molar-refractivity contribution in [2.24, 2.45) is 0 Å². The predicted molar refractivity (Wildman–Crippen MR) is 107 cm³/mol. The summed E-state index contributed by atoms with van der Waals surface area (Å²) < 4.78 is 7.35. The highest BCUT2D eigenvalue weighted by Gasteiger charge is 2.16. The van der Waals surface area contributed by atoms with Crippen LogP contribution in [-0.4, -0.2) is 49.9 Å². The molecule has 1 fully saturated rings. The normalized spacial score (nSPS) is 15.7. The number of para-hydroxylation sites is 1. The first-order valence-corrected chi connectivity index (χ1v) is 10.4. The SMILES string of the molecule is c1coc(-c2nc3c4ccccc4nc(SCCN4CCCCC4)n3n2)c1. The van der Waals surface area contributed by atoms with Gasteiger partial charge in [-0.3, -0.25) is 0 Å². The minimum Gasteiger partial charge on any atom is -0.461 e. The van der Waals surface area contributed by atoms with Gasteiger partial charge in [-0.2, -0.15) is 4.52 Å². The van der Waals surface area contributed by atoms with Crippen LogP contribution in [-0.2, 0) is 0 Å². The van der Waals surface area contributed by atoms with Crippen LogP contribution in [0.25, 0.3) is 28.1 Å². The number of hydrogen-bond acceptors (Lipinski definition) is 6. The Balaban J connectivity index is 1.49. The van der Waals surface area contributed by atoms with E-state index in [9.17, 15) is 0 Å². The van der Waals surface area contributed by atoms with Crippen LogP contribution in [0, 0.1) is 0 Å². The number of furan rings is 1. The van der Waals surface area contributed by atoms with Crippen LogP contribution in [0.4, 0.5) is 0 Å². The standard InChI is InChI=1S/C20H21N5OS/c1-4-10-24(11-5-1)12-14-27-20-21-16-8-3-2-7-15(16)19-22-18(23-25(19)20)17-9-6-13-26-17/h2-3,6-9,13H,1,4-5,10-12,14H2. The Kier molecular flexibility index (Phi) is 4.55. The molecule has 27 heavy (non-hydrogen) atoms. The molecule has 1 aliphatic heterocycles. The molecule has 7 heteroatoms. The lowest BCUT2D eigenvalue weighted by Crippen LogP contribution is -2.31. The van der Waals surface area contributed by atoms with Crippen molar-refractivity contribution in [2.45, 2.75) is 24.4 Å². The number of benzene rings is 1. The van der Waals surface area contributed by atoms with E-state index in [4.69, 9.17) is 14.4 Å². The average Bonchev–Trinajstić information content (AvgIpc) is 3.39. The molecule has 1 aromatic carbocycles. The zero-order valence-electron chi connectivity index (χ0n) is 15.0. The van der Waals surface area contributed by atoms with Crippen molar-refractivity contribution in [1.29, 1.82) is 0 Å². The van der Waals surface area contributed by atoms with Gasteiger partial charge in [0.1, 0.15) is 0 Å². The maximum Gasteiger partial charge on any atom is 0.218 e. The third-order valence-electron chi connectivity index (χ3n) is 4.98. The predicted octanol–water partition coefficient (Wildman–Crippen LogP) is 4.12. The fraction of sp³-hybridized carbons (Fsp3) is 0.350. The number of nitrogens with zero attached hydrogens (tertiary/aromatic N) is 5. The molecule has 0 unspecified atom stereocenters. The van der Waals surface area contributed by atoms with E-state index in [1.807, 2.05) is 40.9 Å². The summed E-state index contributed by atoms with van der Waals surface area (Å²) in [5, 5.41) is 6.57. The van der Waals surface area contributed by atoms with Crippen LogP contribution < -0.4 is 0 Å². The number of hydrogen-bond donors (Lipinski definition) is 0. The molecule has 0 N–H and O–H groups in total. The quantitative estimate of drug-likeness (QED) is 0.384. The zero-order valence-corrected chi connectivity index (χ0v) is 15.9. The summed E-state index contributed by atoms with van der Waals surface area (Å²) in [5.74, 6) is 2.26. The number of aromatic nitrogens is 4. The van der Waals surface area contributed by atoms with E-state index >= 15 is 0 Å². The van der Waals surface area contributed by atoms with Crippen LogP contribution in [0.5, 0.6) is 0 Å². The van der Waals surface area contributed by atoms with Gasteiger partial charge in [0.25, 0.3) is 0 Å². The molecule has 0 spiro atoms. The van der Waals surface area contributed by atoms with Gasteiger partial charge >= 0.3 is 0 Å². The number of rotatable bonds is 5. The monoisotopic (exact) mass is 379 g/mol. The highest BCUT2D eigenvalue weighted by atomic mass is 32.2. The summed E-state index contributed by atoms with van der Waals surface area (Å²) in [5.41, 5.74) is 1.77. The van der Waals surface area contributed by atoms with Crippen molar-refractivity contribution in [3.8, 4) is 11.6 Å². The fourth-order valence-corrected chi connectivity index (χ4v) is 4.53. The summed E-state index contributed by atoms with van der Waals surface area (Å²) in [7, 11) is 0. The number of fused-ring (bicyclic) bond motifs is 3. The Bertz CT molecular complexity index is 1050. The molecule has 4 aromatic rings. The topological polar surface area (TPSA) is 59.5 Å². The van der Waals surface area contributed by atoms with Crippen LogP contribution in [0.1, 0.15) is 19.3 Å². The van der Waals surface area contributed by atoms with Crippen LogP contribution in [0.15, 0.2) is 52.2 Å². The number of piperidine rings is 1. The summed E-state index contributed by atoms with van der Waals surface area (Å²) >= 11 is 1.75. The van der Waals surface area contributed by atoms with Crippen molar-refractivity contribution in [3.05, 3.63) is 42.7 Å². The van der Waals surface area contributed by atoms with Gasteiger partial charge in [-0.15, -0.1) is 5.10 Å². The lowest BCUT2D eigenvalue weighted by Gasteiger charge is -2.25. The minimum atomic E-state index is 0.594. The molecular formula is C20H21N5OS. The molecule has 6 nitrogen and oxygen atoms in total. The van der Waals surface area contributed by atoms with Crippen molar-refractivity contribution in [2.75, 3.05) is 25.4 Å². The second kappa shape index (κ2) is 7.32. The molecule has 0 aliphatic carbocycles. The highest BCUT2D eigenvalue weighted by Crippen LogP contribution is 2.26. The molecule has 0 atom stereocenters. The van der Waals surface area contributed by atoms with Crippen molar-refractivity contribution >= 4 is 28.3 Å². The highest BCUT2D eigenvalue weighted by molar-refractivity contribution is 7.99. The fourth-order valence-electron chi connectivity index (χ4n) is 3.58. The molecule has 5 rings (SSSR count). The van der Waals surface area contributed by atoms with E-state index in [0.717, 1.165) is 34.0 Å². The van der Waals surface area contributed by atoms with E-state index < -0.39 is 0 Å². The Morgan fingerprint density at radius 3 is 2.74 bits per heavy atom. The van der Waals surface area contributed by atoms with Gasteiger partial charge in [0, 0.05) is 17.7 Å². The Labute approximate surface area is 161 Å². The zero-order chi connectivity index (χ0) is 18.1. The first-order chi connectivity index (χ1) is 13.4. The lowest BCUT2D eigenvalue weighted by atomic mass is 10.1. The summed E-state index contributed by atoms with van der Waals surface area (Å²) in [6.07, 6.45) is 5.65. The molecule has 0 amide bonds. The summed E-state index contributed by atoms with van der Waals surface area (Å²) in [6.45, 7) is 3.51. The molecule has 1 aliphatic rings. The summed E-state index contributed by atoms with van der Waals surface area (Å²) in [4.78, 5) is 12.1. The maximum absolute atomic E-state index is 5.49. The second-order valence-corrected chi connectivity index (χ2v) is 7.87. The van der Waals surface area contributed by atoms with Gasteiger partial charge in [0.2, 0.25) is 5.82 Å². The number of thioether (sulfide) groups is 1. The first-order valence-electron chi connectivity index (χ1n) is 9.43. The maximum atomic E-state index is 5.49. The van der Waals surface area contributed by atoms with E-state index in [2.05, 4.69) is 10.00 Å². The van der Waals surface area contributed by atoms with E-state index in [1.54, 1.807) is 18.0 Å². The average molecular weight is 379 g/mol. The van der Waals surface area contributed by atoms with Gasteiger partial charge in [-0.25, -0.2) is 9.97 Å². The Morgan fingerprint density at radius 1 is 1.00 bits per heavy atom. The molecule has 0 radical (unpaired) electrons. The van der Waals surface area contributed by atoms with Crippen LogP contribution in [0.2, 0.25) is 0 Å². The minimum absolute atomic E-state index is 0.594. The van der Waals surface area contributed by atoms with E-state index in [1.165, 1.54) is 32.4 Å². The van der Waals surface area contributed by atoms with Gasteiger partial charge in [0.15, 0.2) is 16.6 Å². The van der Waals surface area contributed by atoms with Crippen molar-refractivity contribution in [3.63, 3.8) is 0 Å².